The third-order valence-corrected chi connectivity index (χ3v) is 5.88. The average Bonchev–Trinajstić information content (AvgIpc) is 2.66. The molecule has 6 heteroatoms. The second-order valence-electron chi connectivity index (χ2n) is 8.85. The van der Waals surface area contributed by atoms with E-state index in [0.29, 0.717) is 5.71 Å². The number of carbonyl (C=O) groups is 1. The zero-order valence-electron chi connectivity index (χ0n) is 17.2. The Morgan fingerprint density at radius 3 is 2.28 bits per heavy atom. The van der Waals surface area contributed by atoms with E-state index < -0.39 is 5.97 Å². The maximum absolute atomic E-state index is 11.0. The SMILES string of the molecule is CC1(C)CCC(C)(C)c2cc(C(COc3ccc(C(=O)O)c(O)c3)=NO)ccc21. The molecule has 29 heavy (non-hydrogen) atoms. The van der Waals surface area contributed by atoms with Crippen LogP contribution in [0.5, 0.6) is 11.5 Å². The Morgan fingerprint density at radius 2 is 1.69 bits per heavy atom. The number of phenols is 1. The van der Waals surface area contributed by atoms with Crippen LogP contribution in [-0.4, -0.2) is 33.7 Å². The van der Waals surface area contributed by atoms with E-state index in [4.69, 9.17) is 9.84 Å². The van der Waals surface area contributed by atoms with Crippen LogP contribution in [0.25, 0.3) is 0 Å². The number of hydrogen-bond donors (Lipinski definition) is 3. The van der Waals surface area contributed by atoms with Crippen molar-refractivity contribution >= 4 is 11.7 Å². The second-order valence-corrected chi connectivity index (χ2v) is 8.85. The summed E-state index contributed by atoms with van der Waals surface area (Å²) in [6.45, 7) is 8.93. The molecule has 3 rings (SSSR count). The van der Waals surface area contributed by atoms with Gasteiger partial charge in [0.1, 0.15) is 29.4 Å². The summed E-state index contributed by atoms with van der Waals surface area (Å²) in [6, 6.07) is 10.1. The van der Waals surface area contributed by atoms with Gasteiger partial charge in [0.05, 0.1) is 0 Å². The number of carboxylic acids is 1. The summed E-state index contributed by atoms with van der Waals surface area (Å²) < 4.78 is 5.62. The molecule has 0 unspecified atom stereocenters. The lowest BCUT2D eigenvalue weighted by Crippen LogP contribution is -2.34. The van der Waals surface area contributed by atoms with Crippen LogP contribution in [0.4, 0.5) is 0 Å². The van der Waals surface area contributed by atoms with Crippen molar-refractivity contribution in [1.82, 2.24) is 0 Å². The van der Waals surface area contributed by atoms with Gasteiger partial charge in [0, 0.05) is 11.6 Å². The topological polar surface area (TPSA) is 99.4 Å². The number of rotatable bonds is 5. The van der Waals surface area contributed by atoms with Crippen molar-refractivity contribution in [2.45, 2.75) is 51.4 Å². The Morgan fingerprint density at radius 1 is 1.03 bits per heavy atom. The van der Waals surface area contributed by atoms with Crippen LogP contribution in [0.1, 0.15) is 67.6 Å². The molecule has 0 amide bonds. The van der Waals surface area contributed by atoms with Crippen molar-refractivity contribution in [1.29, 1.82) is 0 Å². The molecule has 2 aromatic rings. The molecule has 2 aromatic carbocycles. The minimum absolute atomic E-state index is 0.0229. The fourth-order valence-electron chi connectivity index (χ4n) is 3.87. The smallest absolute Gasteiger partial charge is 0.339 e. The average molecular weight is 397 g/mol. The van der Waals surface area contributed by atoms with Crippen LogP contribution in [-0.2, 0) is 10.8 Å². The molecule has 3 N–H and O–H groups in total. The normalized spacial score (nSPS) is 17.4. The predicted octanol–water partition coefficient (Wildman–Crippen LogP) is 4.70. The molecule has 0 aromatic heterocycles. The first kappa shape index (κ1) is 20.7. The van der Waals surface area contributed by atoms with Crippen molar-refractivity contribution < 1.29 is 25.0 Å². The molecule has 1 aliphatic carbocycles. The molecule has 0 fully saturated rings. The molecular formula is C23H27NO5. The van der Waals surface area contributed by atoms with Crippen LogP contribution in [0.3, 0.4) is 0 Å². The number of nitrogens with zero attached hydrogens (tertiary/aromatic N) is 1. The zero-order chi connectivity index (χ0) is 21.4. The van der Waals surface area contributed by atoms with Crippen LogP contribution in [0.2, 0.25) is 0 Å². The number of oxime groups is 1. The van der Waals surface area contributed by atoms with Crippen LogP contribution >= 0.6 is 0 Å². The Labute approximate surface area is 170 Å². The van der Waals surface area contributed by atoms with Gasteiger partial charge >= 0.3 is 5.97 Å². The number of benzene rings is 2. The summed E-state index contributed by atoms with van der Waals surface area (Å²) in [6.07, 6.45) is 2.19. The molecular weight excluding hydrogens is 370 g/mol. The molecule has 0 saturated carbocycles. The summed E-state index contributed by atoms with van der Waals surface area (Å²) in [5.74, 6) is -1.31. The standard InChI is InChI=1S/C23H27NO5/c1-22(2)9-10-23(3,4)18-11-14(5-8-17(18)22)19(24-28)13-29-15-6-7-16(21(26)27)20(25)12-15/h5-8,11-12,25,28H,9-10,13H2,1-4H3,(H,26,27). The summed E-state index contributed by atoms with van der Waals surface area (Å²) in [4.78, 5) is 11.0. The Balaban J connectivity index is 1.85. The monoisotopic (exact) mass is 397 g/mol. The lowest BCUT2D eigenvalue weighted by molar-refractivity contribution is 0.0693. The third kappa shape index (κ3) is 4.06. The molecule has 0 saturated heterocycles. The van der Waals surface area contributed by atoms with Gasteiger partial charge in [-0.3, -0.25) is 0 Å². The quantitative estimate of drug-likeness (QED) is 0.386. The second kappa shape index (κ2) is 7.43. The molecule has 1 aliphatic rings. The van der Waals surface area contributed by atoms with E-state index in [2.05, 4.69) is 45.0 Å². The van der Waals surface area contributed by atoms with Gasteiger partial charge in [0.2, 0.25) is 0 Å². The Bertz CT molecular complexity index is 975. The number of ether oxygens (including phenoxy) is 1. The van der Waals surface area contributed by atoms with Crippen molar-refractivity contribution in [3.8, 4) is 11.5 Å². The summed E-state index contributed by atoms with van der Waals surface area (Å²) in [5.41, 5.74) is 3.60. The van der Waals surface area contributed by atoms with Gasteiger partial charge < -0.3 is 20.2 Å². The van der Waals surface area contributed by atoms with Crippen LogP contribution < -0.4 is 4.74 Å². The molecule has 0 radical (unpaired) electrons. The maximum atomic E-state index is 11.0. The van der Waals surface area contributed by atoms with Crippen molar-refractivity contribution in [3.05, 3.63) is 58.7 Å². The highest BCUT2D eigenvalue weighted by Crippen LogP contribution is 2.45. The largest absolute Gasteiger partial charge is 0.507 e. The fourth-order valence-corrected chi connectivity index (χ4v) is 3.87. The van der Waals surface area contributed by atoms with Crippen molar-refractivity contribution in [2.24, 2.45) is 5.16 Å². The minimum atomic E-state index is -1.22. The number of aromatic hydroxyl groups is 1. The van der Waals surface area contributed by atoms with Gasteiger partial charge in [0.15, 0.2) is 0 Å². The number of aromatic carboxylic acids is 1. The molecule has 0 spiro atoms. The van der Waals surface area contributed by atoms with E-state index in [1.165, 1.54) is 29.3 Å². The van der Waals surface area contributed by atoms with E-state index in [1.54, 1.807) is 0 Å². The van der Waals surface area contributed by atoms with Gasteiger partial charge in [-0.2, -0.15) is 0 Å². The molecule has 0 heterocycles. The molecule has 154 valence electrons. The first-order chi connectivity index (χ1) is 13.5. The molecule has 0 atom stereocenters. The van der Waals surface area contributed by atoms with E-state index in [9.17, 15) is 15.1 Å². The van der Waals surface area contributed by atoms with Gasteiger partial charge in [-0.15, -0.1) is 0 Å². The van der Waals surface area contributed by atoms with Crippen LogP contribution in [0, 0.1) is 0 Å². The van der Waals surface area contributed by atoms with E-state index in [-0.39, 0.29) is 34.5 Å². The Hall–Kier alpha value is -3.02. The highest BCUT2D eigenvalue weighted by Gasteiger charge is 2.37. The van der Waals surface area contributed by atoms with Gasteiger partial charge in [-0.05, 0) is 53.0 Å². The lowest BCUT2D eigenvalue weighted by atomic mass is 9.63. The minimum Gasteiger partial charge on any atom is -0.507 e. The first-order valence-corrected chi connectivity index (χ1v) is 9.60. The molecule has 0 aliphatic heterocycles. The van der Waals surface area contributed by atoms with Gasteiger partial charge in [0.25, 0.3) is 0 Å². The number of fused-ring (bicyclic) bond motifs is 1. The summed E-state index contributed by atoms with van der Waals surface area (Å²) in [7, 11) is 0. The highest BCUT2D eigenvalue weighted by atomic mass is 16.5. The van der Waals surface area contributed by atoms with E-state index >= 15 is 0 Å². The highest BCUT2D eigenvalue weighted by molar-refractivity contribution is 6.01. The number of hydrogen-bond acceptors (Lipinski definition) is 5. The third-order valence-electron chi connectivity index (χ3n) is 5.88. The number of carboxylic acid groups (broad SMARTS) is 1. The molecule has 6 nitrogen and oxygen atoms in total. The van der Waals surface area contributed by atoms with Crippen molar-refractivity contribution in [3.63, 3.8) is 0 Å². The van der Waals surface area contributed by atoms with Crippen LogP contribution in [0.15, 0.2) is 41.6 Å². The van der Waals surface area contributed by atoms with Crippen molar-refractivity contribution in [2.75, 3.05) is 6.61 Å². The molecule has 0 bridgehead atoms. The van der Waals surface area contributed by atoms with Gasteiger partial charge in [-0.1, -0.05) is 45.0 Å². The zero-order valence-corrected chi connectivity index (χ0v) is 17.2. The summed E-state index contributed by atoms with van der Waals surface area (Å²) in [5, 5.41) is 31.7. The van der Waals surface area contributed by atoms with E-state index in [1.807, 2.05) is 6.07 Å². The summed E-state index contributed by atoms with van der Waals surface area (Å²) >= 11 is 0. The lowest BCUT2D eigenvalue weighted by Gasteiger charge is -2.42. The van der Waals surface area contributed by atoms with E-state index in [0.717, 1.165) is 18.4 Å². The Kier molecular flexibility index (Phi) is 5.30. The van der Waals surface area contributed by atoms with Gasteiger partial charge in [-0.25, -0.2) is 4.79 Å². The predicted molar refractivity (Wildman–Crippen MR) is 111 cm³/mol. The first-order valence-electron chi connectivity index (χ1n) is 9.60. The maximum Gasteiger partial charge on any atom is 0.339 e. The fraction of sp³-hybridized carbons (Fsp3) is 0.391.